The van der Waals surface area contributed by atoms with E-state index in [2.05, 4.69) is 21.2 Å². The molecule has 0 atom stereocenters. The highest BCUT2D eigenvalue weighted by Crippen LogP contribution is 2.25. The quantitative estimate of drug-likeness (QED) is 0.778. The van der Waals surface area contributed by atoms with Gasteiger partial charge < -0.3 is 5.32 Å². The second-order valence-electron chi connectivity index (χ2n) is 5.61. The Hall–Kier alpha value is -2.54. The summed E-state index contributed by atoms with van der Waals surface area (Å²) in [5.41, 5.74) is 1.47. The highest BCUT2D eigenvalue weighted by Gasteiger charge is 2.36. The van der Waals surface area contributed by atoms with E-state index in [1.54, 1.807) is 30.3 Å². The summed E-state index contributed by atoms with van der Waals surface area (Å²) in [6.07, 6.45) is 0.529. The molecule has 1 aliphatic rings. The molecule has 0 spiro atoms. The van der Waals surface area contributed by atoms with Crippen molar-refractivity contribution < 1.29 is 18.8 Å². The van der Waals surface area contributed by atoms with Gasteiger partial charge in [0.25, 0.3) is 11.8 Å². The van der Waals surface area contributed by atoms with E-state index in [1.165, 1.54) is 12.1 Å². The lowest BCUT2D eigenvalue weighted by atomic mass is 10.1. The van der Waals surface area contributed by atoms with Crippen LogP contribution >= 0.6 is 15.9 Å². The summed E-state index contributed by atoms with van der Waals surface area (Å²) in [7, 11) is 0. The number of hydrogen-bond donors (Lipinski definition) is 1. The van der Waals surface area contributed by atoms with Gasteiger partial charge in [-0.25, -0.2) is 4.39 Å². The minimum absolute atomic E-state index is 0.290. The summed E-state index contributed by atoms with van der Waals surface area (Å²) in [6, 6.07) is 10.8. The van der Waals surface area contributed by atoms with Gasteiger partial charge in [-0.1, -0.05) is 28.1 Å². The van der Waals surface area contributed by atoms with E-state index < -0.39 is 17.7 Å². The number of hydrogen-bond acceptors (Lipinski definition) is 3. The molecule has 128 valence electrons. The number of carbonyl (C=O) groups is 3. The number of fused-ring (bicyclic) bond motifs is 1. The monoisotopic (exact) mass is 404 g/mol. The summed E-state index contributed by atoms with van der Waals surface area (Å²) < 4.78 is 13.5. The van der Waals surface area contributed by atoms with Crippen LogP contribution in [0.15, 0.2) is 46.9 Å². The van der Waals surface area contributed by atoms with Gasteiger partial charge in [-0.05, 0) is 42.3 Å². The highest BCUT2D eigenvalue weighted by atomic mass is 79.9. The Labute approximate surface area is 151 Å². The predicted molar refractivity (Wildman–Crippen MR) is 92.6 cm³/mol. The van der Waals surface area contributed by atoms with E-state index in [1.807, 2.05) is 0 Å². The molecule has 7 heteroatoms. The van der Waals surface area contributed by atoms with Crippen LogP contribution < -0.4 is 5.32 Å². The van der Waals surface area contributed by atoms with Gasteiger partial charge in [-0.2, -0.15) is 0 Å². The molecule has 0 bridgehead atoms. The third-order valence-electron chi connectivity index (χ3n) is 3.88. The summed E-state index contributed by atoms with van der Waals surface area (Å²) in [6.45, 7) is 0.00651. The van der Waals surface area contributed by atoms with Crippen molar-refractivity contribution in [2.75, 3.05) is 13.1 Å². The van der Waals surface area contributed by atoms with Gasteiger partial charge in [0.05, 0.1) is 11.1 Å². The van der Waals surface area contributed by atoms with Crippen LogP contribution in [-0.4, -0.2) is 35.7 Å². The maximum atomic E-state index is 12.8. The standard InChI is InChI=1S/C18H14BrFN2O3/c19-12-3-6-14-15(9-12)18(25)22(17(14)24)10-16(23)21-8-7-11-1-4-13(20)5-2-11/h1-6,9H,7-8,10H2,(H,21,23). The van der Waals surface area contributed by atoms with E-state index in [0.29, 0.717) is 28.6 Å². The van der Waals surface area contributed by atoms with Gasteiger partial charge in [0.15, 0.2) is 0 Å². The first-order chi connectivity index (χ1) is 12.0. The van der Waals surface area contributed by atoms with Crippen LogP contribution in [0.5, 0.6) is 0 Å². The number of amides is 3. The van der Waals surface area contributed by atoms with E-state index in [9.17, 15) is 18.8 Å². The van der Waals surface area contributed by atoms with Crippen molar-refractivity contribution in [2.24, 2.45) is 0 Å². The molecule has 5 nitrogen and oxygen atoms in total. The second kappa shape index (κ2) is 7.14. The zero-order valence-corrected chi connectivity index (χ0v) is 14.7. The van der Waals surface area contributed by atoms with Crippen LogP contribution in [0, 0.1) is 5.82 Å². The van der Waals surface area contributed by atoms with Gasteiger partial charge >= 0.3 is 0 Å². The molecule has 0 aromatic heterocycles. The van der Waals surface area contributed by atoms with E-state index in [4.69, 9.17) is 0 Å². The maximum Gasteiger partial charge on any atom is 0.262 e. The Bertz CT molecular complexity index is 852. The van der Waals surface area contributed by atoms with Crippen molar-refractivity contribution in [3.8, 4) is 0 Å². The number of benzene rings is 2. The van der Waals surface area contributed by atoms with Gasteiger partial charge in [0.1, 0.15) is 12.4 Å². The molecule has 1 aliphatic heterocycles. The fraction of sp³-hybridized carbons (Fsp3) is 0.167. The van der Waals surface area contributed by atoms with Crippen molar-refractivity contribution in [3.05, 3.63) is 69.4 Å². The molecule has 2 aromatic rings. The summed E-state index contributed by atoms with van der Waals surface area (Å²) in [5, 5.41) is 2.66. The third kappa shape index (κ3) is 3.76. The number of nitrogens with one attached hydrogen (secondary N) is 1. The summed E-state index contributed by atoms with van der Waals surface area (Å²) in [5.74, 6) is -1.68. The Morgan fingerprint density at radius 1 is 1.04 bits per heavy atom. The first kappa shape index (κ1) is 17.3. The van der Waals surface area contributed by atoms with Crippen LogP contribution in [0.3, 0.4) is 0 Å². The Balaban J connectivity index is 1.56. The highest BCUT2D eigenvalue weighted by molar-refractivity contribution is 9.10. The molecule has 0 saturated carbocycles. The zero-order chi connectivity index (χ0) is 18.0. The molecule has 0 unspecified atom stereocenters. The topological polar surface area (TPSA) is 66.5 Å². The maximum absolute atomic E-state index is 12.8. The molecule has 0 radical (unpaired) electrons. The molecule has 3 rings (SSSR count). The molecule has 0 aliphatic carbocycles. The average Bonchev–Trinajstić information content (AvgIpc) is 2.81. The lowest BCUT2D eigenvalue weighted by molar-refractivity contribution is -0.121. The molecule has 3 amide bonds. The number of rotatable bonds is 5. The Morgan fingerprint density at radius 2 is 1.72 bits per heavy atom. The van der Waals surface area contributed by atoms with Gasteiger partial charge in [-0.3, -0.25) is 19.3 Å². The zero-order valence-electron chi connectivity index (χ0n) is 13.1. The van der Waals surface area contributed by atoms with E-state index >= 15 is 0 Å². The fourth-order valence-corrected chi connectivity index (χ4v) is 2.96. The predicted octanol–water partition coefficient (Wildman–Crippen LogP) is 2.54. The summed E-state index contributed by atoms with van der Waals surface area (Å²) in [4.78, 5) is 37.5. The van der Waals surface area contributed by atoms with Gasteiger partial charge in [-0.15, -0.1) is 0 Å². The van der Waals surface area contributed by atoms with Crippen LogP contribution in [0.2, 0.25) is 0 Å². The smallest absolute Gasteiger partial charge is 0.262 e. The van der Waals surface area contributed by atoms with Crippen LogP contribution in [-0.2, 0) is 11.2 Å². The SMILES string of the molecule is O=C(CN1C(=O)c2ccc(Br)cc2C1=O)NCCc1ccc(F)cc1. The molecule has 0 saturated heterocycles. The average molecular weight is 405 g/mol. The van der Waals surface area contributed by atoms with Gasteiger partial charge in [0.2, 0.25) is 5.91 Å². The van der Waals surface area contributed by atoms with Crippen LogP contribution in [0.1, 0.15) is 26.3 Å². The first-order valence-corrected chi connectivity index (χ1v) is 8.42. The molecule has 0 fully saturated rings. The van der Waals surface area contributed by atoms with E-state index in [-0.39, 0.29) is 12.4 Å². The van der Waals surface area contributed by atoms with E-state index in [0.717, 1.165) is 10.5 Å². The van der Waals surface area contributed by atoms with Crippen LogP contribution in [0.25, 0.3) is 0 Å². The largest absolute Gasteiger partial charge is 0.354 e. The fourth-order valence-electron chi connectivity index (χ4n) is 2.60. The Morgan fingerprint density at radius 3 is 2.44 bits per heavy atom. The molecule has 1 heterocycles. The van der Waals surface area contributed by atoms with Crippen molar-refractivity contribution in [2.45, 2.75) is 6.42 Å². The second-order valence-corrected chi connectivity index (χ2v) is 6.53. The number of halogens is 2. The summed E-state index contributed by atoms with van der Waals surface area (Å²) >= 11 is 3.26. The normalized spacial score (nSPS) is 13.1. The minimum Gasteiger partial charge on any atom is -0.354 e. The molecule has 25 heavy (non-hydrogen) atoms. The van der Waals surface area contributed by atoms with Gasteiger partial charge in [0, 0.05) is 11.0 Å². The molecule has 1 N–H and O–H groups in total. The molecule has 2 aromatic carbocycles. The number of imide groups is 1. The van der Waals surface area contributed by atoms with Crippen molar-refractivity contribution in [1.82, 2.24) is 10.2 Å². The van der Waals surface area contributed by atoms with Crippen molar-refractivity contribution in [3.63, 3.8) is 0 Å². The number of carbonyl (C=O) groups excluding carboxylic acids is 3. The van der Waals surface area contributed by atoms with Crippen molar-refractivity contribution >= 4 is 33.7 Å². The van der Waals surface area contributed by atoms with Crippen molar-refractivity contribution in [1.29, 1.82) is 0 Å². The number of nitrogens with zero attached hydrogens (tertiary/aromatic N) is 1. The lowest BCUT2D eigenvalue weighted by Gasteiger charge is -2.13. The first-order valence-electron chi connectivity index (χ1n) is 7.62. The Kier molecular flexibility index (Phi) is 4.94. The third-order valence-corrected chi connectivity index (χ3v) is 4.38. The van der Waals surface area contributed by atoms with Crippen LogP contribution in [0.4, 0.5) is 4.39 Å². The molecular weight excluding hydrogens is 391 g/mol. The molecular formula is C18H14BrFN2O3. The minimum atomic E-state index is -0.477. The lowest BCUT2D eigenvalue weighted by Crippen LogP contribution is -2.40.